The number of rotatable bonds is 63. The van der Waals surface area contributed by atoms with Crippen molar-refractivity contribution < 1.29 is 32.9 Å². The Morgan fingerprint density at radius 1 is 0.450 bits per heavy atom. The second-order valence-corrected chi connectivity index (χ2v) is 25.9. The smallest absolute Gasteiger partial charge is 0.268 e. The van der Waals surface area contributed by atoms with Gasteiger partial charge in [-0.2, -0.15) is 0 Å². The molecule has 0 fully saturated rings. The lowest BCUT2D eigenvalue weighted by molar-refractivity contribution is -0.870. The summed E-state index contributed by atoms with van der Waals surface area (Å²) in [5, 5.41) is 13.9. The van der Waals surface area contributed by atoms with Crippen LogP contribution in [0.5, 0.6) is 0 Å². The summed E-state index contributed by atoms with van der Waals surface area (Å²) >= 11 is 0. The Morgan fingerprint density at radius 3 is 1.16 bits per heavy atom. The maximum Gasteiger partial charge on any atom is 0.268 e. The van der Waals surface area contributed by atoms with Crippen LogP contribution in [0.2, 0.25) is 0 Å². The SMILES string of the molecule is CC/C=C\C/C=C\C/C=C\C/C=C\CCCCCCCCCCCCCCCCCCC(=O)NC(COP(=O)([O-])OCC[N+](C)(C)C)C(O)/C=C/CC/C=C/CCCCCCCCCCCCCCCCCCCCCCCCC. The van der Waals surface area contributed by atoms with Crippen LogP contribution in [0, 0.1) is 0 Å². The first-order chi connectivity index (χ1) is 39.0. The van der Waals surface area contributed by atoms with E-state index in [-0.39, 0.29) is 12.5 Å². The van der Waals surface area contributed by atoms with Gasteiger partial charge in [0.15, 0.2) is 0 Å². The zero-order chi connectivity index (χ0) is 58.4. The molecule has 0 aliphatic carbocycles. The van der Waals surface area contributed by atoms with E-state index in [1.54, 1.807) is 6.08 Å². The van der Waals surface area contributed by atoms with Crippen LogP contribution in [-0.2, 0) is 18.4 Å². The van der Waals surface area contributed by atoms with E-state index in [9.17, 15) is 19.4 Å². The van der Waals surface area contributed by atoms with E-state index in [2.05, 4.69) is 79.9 Å². The van der Waals surface area contributed by atoms with Crippen LogP contribution in [0.15, 0.2) is 72.9 Å². The summed E-state index contributed by atoms with van der Waals surface area (Å²) in [4.78, 5) is 25.6. The number of aliphatic hydroxyl groups excluding tert-OH is 1. The number of phosphoric acid groups is 1. The van der Waals surface area contributed by atoms with Crippen molar-refractivity contribution in [3.63, 3.8) is 0 Å². The van der Waals surface area contributed by atoms with Crippen molar-refractivity contribution >= 4 is 13.7 Å². The average molecular weight is 1140 g/mol. The molecule has 2 N–H and O–H groups in total. The Morgan fingerprint density at radius 2 is 0.775 bits per heavy atom. The molecule has 0 bridgehead atoms. The summed E-state index contributed by atoms with van der Waals surface area (Å²) in [6, 6.07) is -0.908. The summed E-state index contributed by atoms with van der Waals surface area (Å²) < 4.78 is 23.4. The van der Waals surface area contributed by atoms with Crippen molar-refractivity contribution in [3.05, 3.63) is 72.9 Å². The molecule has 0 aliphatic rings. The minimum Gasteiger partial charge on any atom is -0.756 e. The molecule has 0 aliphatic heterocycles. The molecular formula is C71H133N2O6P. The van der Waals surface area contributed by atoms with Crippen LogP contribution in [0.1, 0.15) is 322 Å². The standard InChI is InChI=1S/C71H133N2O6P/c1-6-8-10-12-14-16-18-20-22-24-26-28-30-32-34-36-38-40-42-44-46-48-50-52-54-56-58-60-62-64-70(74)69(68-79-80(76,77)78-67-66-73(3,4)5)72-71(75)65-63-61-59-57-55-53-51-49-47-45-43-41-39-37-35-33-31-29-27-25-23-21-19-17-15-13-11-9-7-2/h9,11,15,17,21,23,27,29,54,56,62,64,69-70,74H,6-8,10,12-14,16,18-20,22,24-26,28,30-53,55,57-61,63,65-68H2,1-5H3,(H-,72,75,76,77)/b11-9-,17-15-,23-21-,29-27-,56-54+,64-62+. The molecule has 0 spiro atoms. The van der Waals surface area contributed by atoms with Crippen LogP contribution in [0.4, 0.5) is 0 Å². The molecule has 80 heavy (non-hydrogen) atoms. The minimum absolute atomic E-state index is 0.00742. The molecule has 3 atom stereocenters. The second-order valence-electron chi connectivity index (χ2n) is 24.5. The number of quaternary nitrogens is 1. The molecule has 0 rings (SSSR count). The third kappa shape index (κ3) is 63.5. The van der Waals surface area contributed by atoms with Gasteiger partial charge in [-0.25, -0.2) is 0 Å². The van der Waals surface area contributed by atoms with Crippen LogP contribution < -0.4 is 10.2 Å². The van der Waals surface area contributed by atoms with Crippen molar-refractivity contribution in [2.24, 2.45) is 0 Å². The minimum atomic E-state index is -4.61. The molecule has 0 aromatic rings. The Kier molecular flexibility index (Phi) is 59.9. The van der Waals surface area contributed by atoms with E-state index in [4.69, 9.17) is 9.05 Å². The maximum absolute atomic E-state index is 13.0. The van der Waals surface area contributed by atoms with Crippen LogP contribution in [0.3, 0.4) is 0 Å². The fourth-order valence-corrected chi connectivity index (χ4v) is 10.8. The number of hydrogen-bond acceptors (Lipinski definition) is 6. The molecule has 3 unspecified atom stereocenters. The Balaban J connectivity index is 4.11. The number of nitrogens with zero attached hydrogens (tertiary/aromatic N) is 1. The van der Waals surface area contributed by atoms with Gasteiger partial charge in [0.2, 0.25) is 5.91 Å². The quantitative estimate of drug-likeness (QED) is 0.0272. The van der Waals surface area contributed by atoms with E-state index >= 15 is 0 Å². The predicted molar refractivity (Wildman–Crippen MR) is 348 cm³/mol. The lowest BCUT2D eigenvalue weighted by Crippen LogP contribution is -2.45. The van der Waals surface area contributed by atoms with Gasteiger partial charge in [0.25, 0.3) is 7.82 Å². The highest BCUT2D eigenvalue weighted by molar-refractivity contribution is 7.45. The number of nitrogens with one attached hydrogen (secondary N) is 1. The number of amides is 1. The predicted octanol–water partition coefficient (Wildman–Crippen LogP) is 21.1. The number of allylic oxidation sites excluding steroid dienone is 11. The zero-order valence-electron chi connectivity index (χ0n) is 53.5. The van der Waals surface area contributed by atoms with Crippen LogP contribution in [0.25, 0.3) is 0 Å². The lowest BCUT2D eigenvalue weighted by atomic mass is 10.0. The van der Waals surface area contributed by atoms with E-state index in [0.29, 0.717) is 17.4 Å². The molecule has 0 saturated carbocycles. The lowest BCUT2D eigenvalue weighted by Gasteiger charge is -2.29. The fourth-order valence-electron chi connectivity index (χ4n) is 10.1. The highest BCUT2D eigenvalue weighted by Crippen LogP contribution is 2.38. The van der Waals surface area contributed by atoms with Crippen molar-refractivity contribution in [1.29, 1.82) is 0 Å². The molecular weight excluding hydrogens is 1010 g/mol. The fraction of sp³-hybridized carbons (Fsp3) is 0.817. The van der Waals surface area contributed by atoms with Crippen LogP contribution >= 0.6 is 7.82 Å². The zero-order valence-corrected chi connectivity index (χ0v) is 54.4. The Labute approximate surface area is 497 Å². The first-order valence-corrected chi connectivity index (χ1v) is 35.8. The van der Waals surface area contributed by atoms with Gasteiger partial charge >= 0.3 is 0 Å². The summed E-state index contributed by atoms with van der Waals surface area (Å²) in [6.07, 6.45) is 86.0. The average Bonchev–Trinajstić information content (AvgIpc) is 3.42. The summed E-state index contributed by atoms with van der Waals surface area (Å²) in [7, 11) is 1.25. The molecule has 0 saturated heterocycles. The molecule has 8 nitrogen and oxygen atoms in total. The number of carbonyl (C=O) groups excluding carboxylic acids is 1. The highest BCUT2D eigenvalue weighted by Gasteiger charge is 2.23. The molecule has 1 amide bonds. The maximum atomic E-state index is 13.0. The third-order valence-electron chi connectivity index (χ3n) is 15.4. The molecule has 0 aromatic heterocycles. The van der Waals surface area contributed by atoms with Gasteiger partial charge in [-0.1, -0.05) is 318 Å². The first-order valence-electron chi connectivity index (χ1n) is 34.3. The number of phosphoric ester groups is 1. The van der Waals surface area contributed by atoms with E-state index in [1.165, 1.54) is 238 Å². The first kappa shape index (κ1) is 77.9. The topological polar surface area (TPSA) is 108 Å². The van der Waals surface area contributed by atoms with E-state index < -0.39 is 26.6 Å². The monoisotopic (exact) mass is 1140 g/mol. The van der Waals surface area contributed by atoms with Gasteiger partial charge in [-0.05, 0) is 70.6 Å². The van der Waals surface area contributed by atoms with Gasteiger partial charge < -0.3 is 28.8 Å². The van der Waals surface area contributed by atoms with Gasteiger partial charge in [0.1, 0.15) is 13.2 Å². The molecule has 0 radical (unpaired) electrons. The summed E-state index contributed by atoms with van der Waals surface area (Å²) in [5.41, 5.74) is 0. The number of likely N-dealkylation sites (N-methyl/N-ethyl adjacent to an activating group) is 1. The summed E-state index contributed by atoms with van der Waals surface area (Å²) in [6.45, 7) is 4.56. The third-order valence-corrected chi connectivity index (χ3v) is 16.4. The molecule has 9 heteroatoms. The van der Waals surface area contributed by atoms with Gasteiger partial charge in [0, 0.05) is 6.42 Å². The van der Waals surface area contributed by atoms with Crippen molar-refractivity contribution in [2.45, 2.75) is 334 Å². The van der Waals surface area contributed by atoms with E-state index in [0.717, 1.165) is 64.2 Å². The number of carbonyl (C=O) groups is 1. The Hall–Kier alpha value is -2.06. The molecule has 0 aromatic carbocycles. The number of aliphatic hydroxyl groups is 1. The summed E-state index contributed by atoms with van der Waals surface area (Å²) in [5.74, 6) is -0.205. The van der Waals surface area contributed by atoms with E-state index in [1.807, 2.05) is 27.2 Å². The Bertz CT molecular complexity index is 1530. The van der Waals surface area contributed by atoms with Crippen molar-refractivity contribution in [1.82, 2.24) is 5.32 Å². The van der Waals surface area contributed by atoms with Crippen molar-refractivity contribution in [3.8, 4) is 0 Å². The van der Waals surface area contributed by atoms with Crippen molar-refractivity contribution in [2.75, 3.05) is 40.9 Å². The number of unbranched alkanes of at least 4 members (excludes halogenated alkanes) is 40. The highest BCUT2D eigenvalue weighted by atomic mass is 31.2. The molecule has 468 valence electrons. The van der Waals surface area contributed by atoms with Gasteiger partial charge in [0.05, 0.1) is 39.9 Å². The normalized spacial score (nSPS) is 14.1. The van der Waals surface area contributed by atoms with Gasteiger partial charge in [-0.3, -0.25) is 9.36 Å². The van der Waals surface area contributed by atoms with Crippen LogP contribution in [-0.4, -0.2) is 68.5 Å². The second kappa shape index (κ2) is 61.5. The van der Waals surface area contributed by atoms with Gasteiger partial charge in [-0.15, -0.1) is 0 Å². The largest absolute Gasteiger partial charge is 0.756 e. The number of hydrogen-bond donors (Lipinski definition) is 2. The molecule has 0 heterocycles.